The number of para-hydroxylation sites is 2. The molecule has 0 N–H and O–H groups in total. The van der Waals surface area contributed by atoms with Gasteiger partial charge < -0.3 is 4.42 Å². The lowest BCUT2D eigenvalue weighted by atomic mass is 9.81. The van der Waals surface area contributed by atoms with Crippen molar-refractivity contribution >= 4 is 28.6 Å². The normalized spacial score (nSPS) is 22.8. The average Bonchev–Trinajstić information content (AvgIpc) is 3.22. The van der Waals surface area contributed by atoms with E-state index in [-0.39, 0.29) is 23.7 Å². The molecule has 5 rings (SSSR count). The van der Waals surface area contributed by atoms with Crippen molar-refractivity contribution < 1.29 is 14.0 Å². The molecular formula is C21H18N2O3. The average molecular weight is 346 g/mol. The van der Waals surface area contributed by atoms with E-state index < -0.39 is 0 Å². The summed E-state index contributed by atoms with van der Waals surface area (Å²) in [7, 11) is 0. The summed E-state index contributed by atoms with van der Waals surface area (Å²) in [5.74, 6) is 0.0712. The number of oxazole rings is 1. The van der Waals surface area contributed by atoms with Gasteiger partial charge in [-0.1, -0.05) is 31.0 Å². The Morgan fingerprint density at radius 2 is 1.65 bits per heavy atom. The molecule has 26 heavy (non-hydrogen) atoms. The SMILES string of the molecule is O=C1C2CCCCC2C(=O)N1c1cccc(-c2nc3ccccc3o2)c1. The second-order valence-electron chi connectivity index (χ2n) is 7.05. The van der Waals surface area contributed by atoms with Gasteiger partial charge in [0.15, 0.2) is 5.58 Å². The molecule has 2 atom stereocenters. The predicted molar refractivity (Wildman–Crippen MR) is 97.4 cm³/mol. The fraction of sp³-hybridized carbons (Fsp3) is 0.286. The Morgan fingerprint density at radius 1 is 0.923 bits per heavy atom. The largest absolute Gasteiger partial charge is 0.436 e. The molecule has 3 aromatic rings. The summed E-state index contributed by atoms with van der Waals surface area (Å²) >= 11 is 0. The van der Waals surface area contributed by atoms with Gasteiger partial charge in [-0.3, -0.25) is 14.5 Å². The highest BCUT2D eigenvalue weighted by Crippen LogP contribution is 2.40. The molecule has 2 aliphatic rings. The first-order chi connectivity index (χ1) is 12.7. The smallest absolute Gasteiger partial charge is 0.237 e. The minimum absolute atomic E-state index is 0.0607. The predicted octanol–water partition coefficient (Wildman–Crippen LogP) is 4.17. The van der Waals surface area contributed by atoms with E-state index in [0.29, 0.717) is 17.2 Å². The van der Waals surface area contributed by atoms with E-state index in [1.165, 1.54) is 4.90 Å². The summed E-state index contributed by atoms with van der Waals surface area (Å²) in [5.41, 5.74) is 2.86. The number of carbonyl (C=O) groups is 2. The van der Waals surface area contributed by atoms with Crippen LogP contribution in [0.5, 0.6) is 0 Å². The fourth-order valence-corrected chi connectivity index (χ4v) is 4.19. The summed E-state index contributed by atoms with van der Waals surface area (Å²) < 4.78 is 5.82. The molecule has 2 unspecified atom stereocenters. The molecule has 5 nitrogen and oxygen atoms in total. The maximum Gasteiger partial charge on any atom is 0.237 e. The number of hydrogen-bond acceptors (Lipinski definition) is 4. The third-order valence-corrected chi connectivity index (χ3v) is 5.49. The number of anilines is 1. The number of aromatic nitrogens is 1. The molecule has 1 saturated heterocycles. The van der Waals surface area contributed by atoms with Gasteiger partial charge in [0.1, 0.15) is 5.52 Å². The molecule has 1 aliphatic carbocycles. The standard InChI is InChI=1S/C21H18N2O3/c24-20-15-8-1-2-9-16(15)21(25)23(20)14-7-5-6-13(12-14)19-22-17-10-3-4-11-18(17)26-19/h3-7,10-12,15-16H,1-2,8-9H2. The number of nitrogens with zero attached hydrogens (tertiary/aromatic N) is 2. The maximum atomic E-state index is 12.8. The second kappa shape index (κ2) is 5.80. The van der Waals surface area contributed by atoms with E-state index in [2.05, 4.69) is 4.98 Å². The number of fused-ring (bicyclic) bond motifs is 2. The second-order valence-corrected chi connectivity index (χ2v) is 7.05. The highest BCUT2D eigenvalue weighted by molar-refractivity contribution is 6.22. The van der Waals surface area contributed by atoms with Gasteiger partial charge >= 0.3 is 0 Å². The molecule has 5 heteroatoms. The molecule has 2 aromatic carbocycles. The summed E-state index contributed by atoms with van der Waals surface area (Å²) in [6.45, 7) is 0. The monoisotopic (exact) mass is 346 g/mol. The Morgan fingerprint density at radius 3 is 2.38 bits per heavy atom. The molecule has 0 spiro atoms. The van der Waals surface area contributed by atoms with E-state index in [4.69, 9.17) is 4.42 Å². The number of rotatable bonds is 2. The Balaban J connectivity index is 1.54. The molecule has 0 bridgehead atoms. The Labute approximate surface area is 150 Å². The van der Waals surface area contributed by atoms with Gasteiger partial charge in [0.2, 0.25) is 17.7 Å². The van der Waals surface area contributed by atoms with Crippen LogP contribution in [-0.4, -0.2) is 16.8 Å². The number of benzene rings is 2. The van der Waals surface area contributed by atoms with E-state index >= 15 is 0 Å². The van der Waals surface area contributed by atoms with Gasteiger partial charge in [-0.15, -0.1) is 0 Å². The van der Waals surface area contributed by atoms with Crippen molar-refractivity contribution in [1.29, 1.82) is 0 Å². The number of carbonyl (C=O) groups excluding carboxylic acids is 2. The van der Waals surface area contributed by atoms with Gasteiger partial charge in [0.05, 0.1) is 17.5 Å². The first-order valence-electron chi connectivity index (χ1n) is 9.06. The van der Waals surface area contributed by atoms with Crippen LogP contribution < -0.4 is 4.90 Å². The summed E-state index contributed by atoms with van der Waals surface area (Å²) in [6.07, 6.45) is 3.68. The van der Waals surface area contributed by atoms with Crippen LogP contribution in [0.3, 0.4) is 0 Å². The van der Waals surface area contributed by atoms with Crippen LogP contribution in [-0.2, 0) is 9.59 Å². The van der Waals surface area contributed by atoms with Gasteiger partial charge in [0, 0.05) is 5.56 Å². The van der Waals surface area contributed by atoms with E-state index in [1.54, 1.807) is 6.07 Å². The van der Waals surface area contributed by atoms with Crippen molar-refractivity contribution in [3.63, 3.8) is 0 Å². The van der Waals surface area contributed by atoms with Gasteiger partial charge in [-0.05, 0) is 43.2 Å². The van der Waals surface area contributed by atoms with Crippen LogP contribution in [0.1, 0.15) is 25.7 Å². The molecule has 0 radical (unpaired) electrons. The molecule has 2 amide bonds. The van der Waals surface area contributed by atoms with Gasteiger partial charge in [-0.2, -0.15) is 0 Å². The van der Waals surface area contributed by atoms with Crippen molar-refractivity contribution in [1.82, 2.24) is 4.98 Å². The Bertz CT molecular complexity index is 966. The van der Waals surface area contributed by atoms with Crippen LogP contribution in [0.25, 0.3) is 22.6 Å². The number of hydrogen-bond donors (Lipinski definition) is 0. The minimum atomic E-state index is -0.149. The lowest BCUT2D eigenvalue weighted by Crippen LogP contribution is -2.30. The molecule has 1 aromatic heterocycles. The molecular weight excluding hydrogens is 328 g/mol. The molecule has 130 valence electrons. The van der Waals surface area contributed by atoms with Crippen molar-refractivity contribution in [3.05, 3.63) is 48.5 Å². The lowest BCUT2D eigenvalue weighted by Gasteiger charge is -2.19. The van der Waals surface area contributed by atoms with E-state index in [1.807, 2.05) is 42.5 Å². The highest BCUT2D eigenvalue weighted by atomic mass is 16.3. The van der Waals surface area contributed by atoms with Crippen LogP contribution >= 0.6 is 0 Å². The van der Waals surface area contributed by atoms with Crippen LogP contribution in [0.15, 0.2) is 52.9 Å². The number of amides is 2. The zero-order chi connectivity index (χ0) is 17.7. The van der Waals surface area contributed by atoms with Crippen LogP contribution in [0.4, 0.5) is 5.69 Å². The zero-order valence-corrected chi connectivity index (χ0v) is 14.2. The summed E-state index contributed by atoms with van der Waals surface area (Å²) in [4.78, 5) is 31.5. The van der Waals surface area contributed by atoms with E-state index in [9.17, 15) is 9.59 Å². The minimum Gasteiger partial charge on any atom is -0.436 e. The topological polar surface area (TPSA) is 63.4 Å². The van der Waals surface area contributed by atoms with Crippen LogP contribution in [0, 0.1) is 11.8 Å². The lowest BCUT2D eigenvalue weighted by molar-refractivity contribution is -0.122. The van der Waals surface area contributed by atoms with Gasteiger partial charge in [0.25, 0.3) is 0 Å². The molecule has 1 saturated carbocycles. The molecule has 1 aliphatic heterocycles. The quantitative estimate of drug-likeness (QED) is 0.653. The van der Waals surface area contributed by atoms with Crippen LogP contribution in [0.2, 0.25) is 0 Å². The first kappa shape index (κ1) is 15.3. The van der Waals surface area contributed by atoms with E-state index in [0.717, 1.165) is 36.8 Å². The van der Waals surface area contributed by atoms with Crippen molar-refractivity contribution in [2.45, 2.75) is 25.7 Å². The van der Waals surface area contributed by atoms with Crippen molar-refractivity contribution in [2.75, 3.05) is 4.90 Å². The molecule has 2 heterocycles. The third kappa shape index (κ3) is 2.27. The third-order valence-electron chi connectivity index (χ3n) is 5.49. The van der Waals surface area contributed by atoms with Gasteiger partial charge in [-0.25, -0.2) is 4.98 Å². The highest BCUT2D eigenvalue weighted by Gasteiger charge is 2.48. The fourth-order valence-electron chi connectivity index (χ4n) is 4.19. The maximum absolute atomic E-state index is 12.8. The first-order valence-corrected chi connectivity index (χ1v) is 9.06. The molecule has 2 fully saturated rings. The number of imide groups is 1. The summed E-state index contributed by atoms with van der Waals surface area (Å²) in [5, 5.41) is 0. The summed E-state index contributed by atoms with van der Waals surface area (Å²) in [6, 6.07) is 14.9. The zero-order valence-electron chi connectivity index (χ0n) is 14.2. The Kier molecular flexibility index (Phi) is 3.42. The Hall–Kier alpha value is -2.95. The van der Waals surface area contributed by atoms with Crippen molar-refractivity contribution in [3.8, 4) is 11.5 Å². The van der Waals surface area contributed by atoms with Crippen molar-refractivity contribution in [2.24, 2.45) is 11.8 Å².